The van der Waals surface area contributed by atoms with Crippen LogP contribution in [0.15, 0.2) is 96.7 Å². The summed E-state index contributed by atoms with van der Waals surface area (Å²) in [6.45, 7) is 0.961. The van der Waals surface area contributed by atoms with Crippen molar-refractivity contribution in [1.29, 1.82) is 0 Å². The molecular weight excluding hydrogens is 402 g/mol. The highest BCUT2D eigenvalue weighted by molar-refractivity contribution is 5.93. The Morgan fingerprint density at radius 3 is 2.50 bits per heavy atom. The maximum atomic E-state index is 11.5. The van der Waals surface area contributed by atoms with Crippen molar-refractivity contribution in [3.63, 3.8) is 0 Å². The van der Waals surface area contributed by atoms with Gasteiger partial charge >= 0.3 is 0 Å². The fourth-order valence-electron chi connectivity index (χ4n) is 3.25. The second-order valence-corrected chi connectivity index (χ2v) is 7.24. The molecule has 0 bridgehead atoms. The van der Waals surface area contributed by atoms with Gasteiger partial charge in [-0.05, 0) is 47.5 Å². The number of hydrogen-bond acceptors (Lipinski definition) is 5. The van der Waals surface area contributed by atoms with E-state index in [1.54, 1.807) is 17.6 Å². The van der Waals surface area contributed by atoms with Crippen molar-refractivity contribution in [2.24, 2.45) is 0 Å². The topological polar surface area (TPSA) is 83.5 Å². The van der Waals surface area contributed by atoms with E-state index in [0.29, 0.717) is 18.7 Å². The zero-order chi connectivity index (χ0) is 22.2. The van der Waals surface area contributed by atoms with Crippen molar-refractivity contribution >= 4 is 28.6 Å². The average molecular weight is 425 g/mol. The summed E-state index contributed by atoms with van der Waals surface area (Å²) in [6, 6.07) is 26.7. The van der Waals surface area contributed by atoms with E-state index in [4.69, 9.17) is 9.94 Å². The lowest BCUT2D eigenvalue weighted by atomic mass is 10.1. The maximum absolute atomic E-state index is 11.5. The number of pyridine rings is 1. The SMILES string of the molecule is O=C(NO)c1ccc(/C=C(/CNc2cnc3ccccc3c2)COc2ccccc2)cc1. The van der Waals surface area contributed by atoms with Crippen LogP contribution in [-0.4, -0.2) is 29.3 Å². The second-order valence-electron chi connectivity index (χ2n) is 7.24. The summed E-state index contributed by atoms with van der Waals surface area (Å²) in [4.78, 5) is 16.0. The third-order valence-electron chi connectivity index (χ3n) is 4.92. The Kier molecular flexibility index (Phi) is 6.75. The van der Waals surface area contributed by atoms with Crippen LogP contribution in [0.5, 0.6) is 5.75 Å². The van der Waals surface area contributed by atoms with Crippen LogP contribution in [0.25, 0.3) is 17.0 Å². The number of nitrogens with zero attached hydrogens (tertiary/aromatic N) is 1. The highest BCUT2D eigenvalue weighted by Crippen LogP contribution is 2.18. The van der Waals surface area contributed by atoms with Crippen molar-refractivity contribution in [2.75, 3.05) is 18.5 Å². The van der Waals surface area contributed by atoms with Crippen LogP contribution >= 0.6 is 0 Å². The molecule has 0 radical (unpaired) electrons. The molecule has 1 heterocycles. The van der Waals surface area contributed by atoms with E-state index in [0.717, 1.165) is 33.5 Å². The molecule has 0 saturated carbocycles. The van der Waals surface area contributed by atoms with Gasteiger partial charge in [0.2, 0.25) is 0 Å². The van der Waals surface area contributed by atoms with Crippen LogP contribution in [0.3, 0.4) is 0 Å². The summed E-state index contributed by atoms with van der Waals surface area (Å²) in [6.07, 6.45) is 3.84. The van der Waals surface area contributed by atoms with Gasteiger partial charge < -0.3 is 10.1 Å². The van der Waals surface area contributed by atoms with Crippen molar-refractivity contribution in [3.8, 4) is 5.75 Å². The average Bonchev–Trinajstić information content (AvgIpc) is 2.86. The minimum absolute atomic E-state index is 0.382. The molecule has 160 valence electrons. The number of benzene rings is 3. The van der Waals surface area contributed by atoms with Gasteiger partial charge in [0.15, 0.2) is 0 Å². The number of carbonyl (C=O) groups is 1. The van der Waals surface area contributed by atoms with Gasteiger partial charge in [-0.25, -0.2) is 5.48 Å². The molecule has 4 rings (SSSR count). The third-order valence-corrected chi connectivity index (χ3v) is 4.92. The lowest BCUT2D eigenvalue weighted by Gasteiger charge is -2.13. The van der Waals surface area contributed by atoms with Crippen LogP contribution in [-0.2, 0) is 0 Å². The minimum atomic E-state index is -0.543. The largest absolute Gasteiger partial charge is 0.489 e. The molecule has 0 atom stereocenters. The Morgan fingerprint density at radius 2 is 1.72 bits per heavy atom. The molecule has 0 spiro atoms. The van der Waals surface area contributed by atoms with Gasteiger partial charge in [0.25, 0.3) is 5.91 Å². The fourth-order valence-corrected chi connectivity index (χ4v) is 3.25. The molecule has 0 saturated heterocycles. The lowest BCUT2D eigenvalue weighted by Crippen LogP contribution is -2.18. The molecule has 1 amide bonds. The van der Waals surface area contributed by atoms with Crippen LogP contribution in [0, 0.1) is 0 Å². The maximum Gasteiger partial charge on any atom is 0.274 e. The summed E-state index contributed by atoms with van der Waals surface area (Å²) in [5, 5.41) is 13.3. The normalized spacial score (nSPS) is 11.2. The van der Waals surface area contributed by atoms with Gasteiger partial charge in [0.1, 0.15) is 12.4 Å². The Morgan fingerprint density at radius 1 is 0.969 bits per heavy atom. The Balaban J connectivity index is 1.51. The monoisotopic (exact) mass is 425 g/mol. The van der Waals surface area contributed by atoms with Gasteiger partial charge in [-0.3, -0.25) is 15.0 Å². The van der Waals surface area contributed by atoms with Crippen molar-refractivity contribution in [2.45, 2.75) is 0 Å². The summed E-state index contributed by atoms with van der Waals surface area (Å²) < 4.78 is 5.96. The number of carbonyl (C=O) groups excluding carboxylic acids is 1. The van der Waals surface area contributed by atoms with Gasteiger partial charge in [0, 0.05) is 17.5 Å². The van der Waals surface area contributed by atoms with Crippen LogP contribution in [0.1, 0.15) is 15.9 Å². The number of para-hydroxylation sites is 2. The van der Waals surface area contributed by atoms with Crippen molar-refractivity contribution < 1.29 is 14.7 Å². The smallest absolute Gasteiger partial charge is 0.274 e. The molecule has 6 nitrogen and oxygen atoms in total. The van der Waals surface area contributed by atoms with Crippen molar-refractivity contribution in [3.05, 3.63) is 108 Å². The van der Waals surface area contributed by atoms with Crippen LogP contribution in [0.2, 0.25) is 0 Å². The predicted octanol–water partition coefficient (Wildman–Crippen LogP) is 4.93. The first-order valence-corrected chi connectivity index (χ1v) is 10.2. The molecule has 32 heavy (non-hydrogen) atoms. The first-order valence-electron chi connectivity index (χ1n) is 10.2. The number of nitrogens with one attached hydrogen (secondary N) is 2. The standard InChI is InChI=1S/C26H23N3O3/c30-26(29-31)21-12-10-19(11-13-21)14-20(18-32-24-7-2-1-3-8-24)16-27-23-15-22-6-4-5-9-25(22)28-17-23/h1-15,17,27,31H,16,18H2,(H,29,30)/b20-14-. The summed E-state index contributed by atoms with van der Waals surface area (Å²) >= 11 is 0. The number of amides is 1. The predicted molar refractivity (Wildman–Crippen MR) is 126 cm³/mol. The Hall–Kier alpha value is -4.16. The van der Waals surface area contributed by atoms with E-state index < -0.39 is 5.91 Å². The number of aromatic nitrogens is 1. The number of hydrogen-bond donors (Lipinski definition) is 3. The Labute approximate surface area is 186 Å². The molecule has 0 unspecified atom stereocenters. The van der Waals surface area contributed by atoms with E-state index in [9.17, 15) is 4.79 Å². The molecule has 4 aromatic rings. The third kappa shape index (κ3) is 5.50. The van der Waals surface area contributed by atoms with E-state index >= 15 is 0 Å². The molecule has 6 heteroatoms. The molecule has 0 aliphatic carbocycles. The minimum Gasteiger partial charge on any atom is -0.489 e. The summed E-state index contributed by atoms with van der Waals surface area (Å²) in [5.74, 6) is 0.249. The van der Waals surface area contributed by atoms with Crippen LogP contribution < -0.4 is 15.5 Å². The van der Waals surface area contributed by atoms with Gasteiger partial charge in [0.05, 0.1) is 17.4 Å². The molecule has 0 fully saturated rings. The van der Waals surface area contributed by atoms with Crippen LogP contribution in [0.4, 0.5) is 5.69 Å². The highest BCUT2D eigenvalue weighted by Gasteiger charge is 2.05. The first kappa shape index (κ1) is 21.1. The zero-order valence-electron chi connectivity index (χ0n) is 17.4. The zero-order valence-corrected chi connectivity index (χ0v) is 17.4. The number of hydroxylamine groups is 1. The highest BCUT2D eigenvalue weighted by atomic mass is 16.5. The number of fused-ring (bicyclic) bond motifs is 1. The molecule has 0 aliphatic heterocycles. The molecule has 0 aliphatic rings. The van der Waals surface area contributed by atoms with Crippen molar-refractivity contribution in [1.82, 2.24) is 10.5 Å². The second kappa shape index (κ2) is 10.2. The van der Waals surface area contributed by atoms with E-state index in [-0.39, 0.29) is 0 Å². The quantitative estimate of drug-likeness (QED) is 0.275. The summed E-state index contributed by atoms with van der Waals surface area (Å²) in [5.41, 5.74) is 5.83. The first-order chi connectivity index (χ1) is 15.7. The molecular formula is C26H23N3O3. The van der Waals surface area contributed by atoms with Gasteiger partial charge in [-0.15, -0.1) is 0 Å². The van der Waals surface area contributed by atoms with E-state index in [1.807, 2.05) is 79.0 Å². The van der Waals surface area contributed by atoms with E-state index in [2.05, 4.69) is 16.4 Å². The van der Waals surface area contributed by atoms with E-state index in [1.165, 1.54) is 0 Å². The van der Waals surface area contributed by atoms with Gasteiger partial charge in [-0.2, -0.15) is 0 Å². The Bertz CT molecular complexity index is 1220. The number of ether oxygens (including phenoxy) is 1. The summed E-state index contributed by atoms with van der Waals surface area (Å²) in [7, 11) is 0. The van der Waals surface area contributed by atoms with Gasteiger partial charge in [-0.1, -0.05) is 54.6 Å². The lowest BCUT2D eigenvalue weighted by molar-refractivity contribution is 0.0706. The fraction of sp³-hybridized carbons (Fsp3) is 0.0769. The number of rotatable bonds is 8. The number of anilines is 1. The molecule has 3 N–H and O–H groups in total. The molecule has 3 aromatic carbocycles. The molecule has 1 aromatic heterocycles.